The zero-order valence-electron chi connectivity index (χ0n) is 15.6. The Morgan fingerprint density at radius 3 is 2.44 bits per heavy atom. The Labute approximate surface area is 165 Å². The van der Waals surface area contributed by atoms with Crippen LogP contribution in [0, 0.1) is 0 Å². The number of ether oxygens (including phenoxy) is 2. The Balaban J connectivity index is 1.61. The van der Waals surface area contributed by atoms with E-state index in [4.69, 9.17) is 21.1 Å². The van der Waals surface area contributed by atoms with Crippen molar-refractivity contribution in [3.8, 4) is 11.5 Å². The fourth-order valence-corrected chi connectivity index (χ4v) is 2.93. The highest BCUT2D eigenvalue weighted by Crippen LogP contribution is 2.29. The van der Waals surface area contributed by atoms with Crippen LogP contribution in [0.2, 0.25) is 5.02 Å². The summed E-state index contributed by atoms with van der Waals surface area (Å²) in [4.78, 5) is 4.16. The molecule has 0 spiro atoms. The number of allylic oxidation sites excluding steroid dienone is 1. The first-order chi connectivity index (χ1) is 13.1. The molecule has 4 nitrogen and oxygen atoms in total. The first-order valence-corrected chi connectivity index (χ1v) is 9.29. The molecule has 0 atom stereocenters. The number of aromatic nitrogens is 2. The molecule has 0 saturated heterocycles. The standard InChI is InChI=1S/C22H23ClN2O2/c1-17(2)22(25-13-12-24-16-25)20-6-3-4-7-21(20)27-15-5-14-26-19-10-8-18(23)9-11-19/h3-4,6-13,16H,5,14-15H2,1-2H3. The second-order valence-electron chi connectivity index (χ2n) is 6.32. The van der Waals surface area contributed by atoms with Gasteiger partial charge in [0.1, 0.15) is 11.5 Å². The van der Waals surface area contributed by atoms with Gasteiger partial charge in [-0.1, -0.05) is 29.3 Å². The highest BCUT2D eigenvalue weighted by atomic mass is 35.5. The average Bonchev–Trinajstić information content (AvgIpc) is 3.18. The molecule has 1 heterocycles. The van der Waals surface area contributed by atoms with Gasteiger partial charge in [0.15, 0.2) is 0 Å². The molecule has 0 aliphatic heterocycles. The molecule has 3 rings (SSSR count). The Bertz CT molecular complexity index is 883. The lowest BCUT2D eigenvalue weighted by molar-refractivity contribution is 0.247. The monoisotopic (exact) mass is 382 g/mol. The van der Waals surface area contributed by atoms with Crippen molar-refractivity contribution in [3.63, 3.8) is 0 Å². The summed E-state index contributed by atoms with van der Waals surface area (Å²) in [6.07, 6.45) is 6.31. The minimum atomic E-state index is 0.574. The maximum absolute atomic E-state index is 6.05. The minimum absolute atomic E-state index is 0.574. The number of para-hydroxylation sites is 1. The smallest absolute Gasteiger partial charge is 0.128 e. The molecule has 2 aromatic carbocycles. The first kappa shape index (κ1) is 19.1. The summed E-state index contributed by atoms with van der Waals surface area (Å²) in [5.74, 6) is 1.67. The van der Waals surface area contributed by atoms with Crippen LogP contribution in [0.5, 0.6) is 11.5 Å². The molecular weight excluding hydrogens is 360 g/mol. The molecule has 1 aromatic heterocycles. The SMILES string of the molecule is CC(C)=C(c1ccccc1OCCCOc1ccc(Cl)cc1)n1ccnc1. The Morgan fingerprint density at radius 2 is 1.74 bits per heavy atom. The quantitative estimate of drug-likeness (QED) is 0.470. The van der Waals surface area contributed by atoms with E-state index in [9.17, 15) is 0 Å². The molecule has 0 saturated carbocycles. The fraction of sp³-hybridized carbons (Fsp3) is 0.227. The van der Waals surface area contributed by atoms with Gasteiger partial charge in [-0.15, -0.1) is 0 Å². The third kappa shape index (κ3) is 5.14. The molecule has 0 N–H and O–H groups in total. The van der Waals surface area contributed by atoms with E-state index in [2.05, 4.69) is 24.9 Å². The Morgan fingerprint density at radius 1 is 1.00 bits per heavy atom. The molecule has 0 unspecified atom stereocenters. The normalized spacial score (nSPS) is 10.5. The van der Waals surface area contributed by atoms with Gasteiger partial charge < -0.3 is 14.0 Å². The van der Waals surface area contributed by atoms with Gasteiger partial charge >= 0.3 is 0 Å². The lowest BCUT2D eigenvalue weighted by Crippen LogP contribution is -2.07. The molecule has 0 amide bonds. The van der Waals surface area contributed by atoms with Crippen molar-refractivity contribution in [2.75, 3.05) is 13.2 Å². The van der Waals surface area contributed by atoms with Gasteiger partial charge in [-0.05, 0) is 50.2 Å². The van der Waals surface area contributed by atoms with Gasteiger partial charge in [-0.3, -0.25) is 0 Å². The second kappa shape index (κ2) is 9.28. The van der Waals surface area contributed by atoms with Crippen LogP contribution in [0.3, 0.4) is 0 Å². The molecule has 5 heteroatoms. The van der Waals surface area contributed by atoms with Crippen LogP contribution in [0.1, 0.15) is 25.8 Å². The van der Waals surface area contributed by atoms with Gasteiger partial charge in [0.2, 0.25) is 0 Å². The Kier molecular flexibility index (Phi) is 6.55. The van der Waals surface area contributed by atoms with E-state index in [1.54, 1.807) is 12.5 Å². The van der Waals surface area contributed by atoms with Crippen molar-refractivity contribution in [1.82, 2.24) is 9.55 Å². The third-order valence-electron chi connectivity index (χ3n) is 4.01. The maximum Gasteiger partial charge on any atom is 0.128 e. The number of hydrogen-bond acceptors (Lipinski definition) is 3. The van der Waals surface area contributed by atoms with Gasteiger partial charge in [0.05, 0.1) is 25.2 Å². The summed E-state index contributed by atoms with van der Waals surface area (Å²) in [6, 6.07) is 15.4. The van der Waals surface area contributed by atoms with Crippen LogP contribution in [-0.4, -0.2) is 22.8 Å². The predicted molar refractivity (Wildman–Crippen MR) is 109 cm³/mol. The van der Waals surface area contributed by atoms with Crippen LogP contribution >= 0.6 is 11.6 Å². The predicted octanol–water partition coefficient (Wildman–Crippen LogP) is 5.68. The summed E-state index contributed by atoms with van der Waals surface area (Å²) < 4.78 is 13.8. The van der Waals surface area contributed by atoms with E-state index in [-0.39, 0.29) is 0 Å². The van der Waals surface area contributed by atoms with Crippen LogP contribution in [0.4, 0.5) is 0 Å². The lowest BCUT2D eigenvalue weighted by Gasteiger charge is -2.16. The summed E-state index contributed by atoms with van der Waals surface area (Å²) in [5.41, 5.74) is 3.32. The zero-order valence-corrected chi connectivity index (χ0v) is 16.3. The number of benzene rings is 2. The fourth-order valence-electron chi connectivity index (χ4n) is 2.81. The number of imidazole rings is 1. The van der Waals surface area contributed by atoms with Crippen LogP contribution in [0.15, 0.2) is 72.8 Å². The third-order valence-corrected chi connectivity index (χ3v) is 4.26. The summed E-state index contributed by atoms with van der Waals surface area (Å²) >= 11 is 5.88. The number of hydrogen-bond donors (Lipinski definition) is 0. The van der Waals surface area contributed by atoms with Crippen molar-refractivity contribution in [3.05, 3.63) is 83.4 Å². The van der Waals surface area contributed by atoms with Gasteiger partial charge in [-0.2, -0.15) is 0 Å². The van der Waals surface area contributed by atoms with Gasteiger partial charge in [0.25, 0.3) is 0 Å². The van der Waals surface area contributed by atoms with Crippen molar-refractivity contribution < 1.29 is 9.47 Å². The van der Waals surface area contributed by atoms with Gasteiger partial charge in [-0.25, -0.2) is 4.98 Å². The van der Waals surface area contributed by atoms with Gasteiger partial charge in [0, 0.05) is 29.4 Å². The van der Waals surface area contributed by atoms with Crippen LogP contribution < -0.4 is 9.47 Å². The average molecular weight is 383 g/mol. The van der Waals surface area contributed by atoms with Crippen LogP contribution in [0.25, 0.3) is 5.70 Å². The summed E-state index contributed by atoms with van der Waals surface area (Å²) in [5, 5.41) is 0.704. The van der Waals surface area contributed by atoms with E-state index < -0.39 is 0 Å². The van der Waals surface area contributed by atoms with E-state index in [0.29, 0.717) is 18.2 Å². The lowest BCUT2D eigenvalue weighted by atomic mass is 10.1. The second-order valence-corrected chi connectivity index (χ2v) is 6.76. The number of rotatable bonds is 8. The summed E-state index contributed by atoms with van der Waals surface area (Å²) in [7, 11) is 0. The van der Waals surface area contributed by atoms with Crippen molar-refractivity contribution in [2.45, 2.75) is 20.3 Å². The van der Waals surface area contributed by atoms with E-state index in [1.807, 2.05) is 53.2 Å². The number of nitrogens with zero attached hydrogens (tertiary/aromatic N) is 2. The molecule has 0 bridgehead atoms. The largest absolute Gasteiger partial charge is 0.493 e. The molecule has 27 heavy (non-hydrogen) atoms. The molecule has 0 aliphatic carbocycles. The van der Waals surface area contributed by atoms with Crippen molar-refractivity contribution in [2.24, 2.45) is 0 Å². The first-order valence-electron chi connectivity index (χ1n) is 8.91. The highest BCUT2D eigenvalue weighted by molar-refractivity contribution is 6.30. The topological polar surface area (TPSA) is 36.3 Å². The zero-order chi connectivity index (χ0) is 19.1. The maximum atomic E-state index is 6.05. The molecule has 3 aromatic rings. The van der Waals surface area contributed by atoms with Crippen molar-refractivity contribution in [1.29, 1.82) is 0 Å². The Hall–Kier alpha value is -2.72. The number of halogens is 1. The molecule has 0 radical (unpaired) electrons. The molecular formula is C22H23ClN2O2. The highest BCUT2D eigenvalue weighted by Gasteiger charge is 2.12. The summed E-state index contributed by atoms with van der Waals surface area (Å²) in [6.45, 7) is 5.34. The van der Waals surface area contributed by atoms with E-state index in [1.165, 1.54) is 5.57 Å². The molecule has 0 fully saturated rings. The van der Waals surface area contributed by atoms with E-state index >= 15 is 0 Å². The molecule has 140 valence electrons. The van der Waals surface area contributed by atoms with Crippen molar-refractivity contribution >= 4 is 17.3 Å². The van der Waals surface area contributed by atoms with E-state index in [0.717, 1.165) is 29.2 Å². The molecule has 0 aliphatic rings. The van der Waals surface area contributed by atoms with Crippen LogP contribution in [-0.2, 0) is 0 Å². The minimum Gasteiger partial charge on any atom is -0.493 e.